The number of rotatable bonds is 7. The van der Waals surface area contributed by atoms with Crippen molar-refractivity contribution < 1.29 is 13.9 Å². The van der Waals surface area contributed by atoms with Gasteiger partial charge in [0.05, 0.1) is 17.5 Å². The van der Waals surface area contributed by atoms with Crippen LogP contribution in [-0.2, 0) is 6.54 Å². The summed E-state index contributed by atoms with van der Waals surface area (Å²) in [4.78, 5) is 23.0. The summed E-state index contributed by atoms with van der Waals surface area (Å²) in [6.07, 6.45) is 10.2. The zero-order chi connectivity index (χ0) is 24.0. The fraction of sp³-hybridized carbons (Fsp3) is 0.192. The number of carbonyl (C=O) groups excluding carboxylic acids is 1. The van der Waals surface area contributed by atoms with E-state index in [-0.39, 0.29) is 12.5 Å². The first-order valence-electron chi connectivity index (χ1n) is 10.3. The Hall–Kier alpha value is -4.18. The van der Waals surface area contributed by atoms with Gasteiger partial charge in [-0.05, 0) is 43.7 Å². The number of hydrogen-bond acceptors (Lipinski definition) is 5. The first-order chi connectivity index (χ1) is 15.8. The molecule has 2 aromatic heterocycles. The van der Waals surface area contributed by atoms with E-state index in [1.807, 2.05) is 19.0 Å². The molecule has 1 amide bonds. The minimum atomic E-state index is -0.443. The van der Waals surface area contributed by atoms with Crippen LogP contribution in [0.3, 0.4) is 0 Å². The Labute approximate surface area is 193 Å². The number of nitrogens with one attached hydrogen (secondary N) is 1. The summed E-state index contributed by atoms with van der Waals surface area (Å²) < 4.78 is 19.5. The van der Waals surface area contributed by atoms with Crippen LogP contribution in [0.1, 0.15) is 32.9 Å². The highest BCUT2D eigenvalue weighted by atomic mass is 19.1. The highest BCUT2D eigenvalue weighted by Gasteiger charge is 2.14. The second-order valence-electron chi connectivity index (χ2n) is 7.64. The summed E-state index contributed by atoms with van der Waals surface area (Å²) in [6.45, 7) is 3.74. The van der Waals surface area contributed by atoms with Gasteiger partial charge in [0.2, 0.25) is 0 Å². The van der Waals surface area contributed by atoms with Gasteiger partial charge in [0, 0.05) is 55.9 Å². The van der Waals surface area contributed by atoms with E-state index in [1.165, 1.54) is 6.07 Å². The first kappa shape index (κ1) is 23.5. The quantitative estimate of drug-likeness (QED) is 0.544. The summed E-state index contributed by atoms with van der Waals surface area (Å²) >= 11 is 0. The van der Waals surface area contributed by atoms with Gasteiger partial charge in [-0.25, -0.2) is 4.39 Å². The van der Waals surface area contributed by atoms with E-state index in [0.717, 1.165) is 6.20 Å². The average Bonchev–Trinajstić information content (AvgIpc) is 2.79. The normalized spacial score (nSPS) is 11.0. The molecule has 0 atom stereocenters. The Morgan fingerprint density at radius 3 is 2.76 bits per heavy atom. The molecule has 3 rings (SSSR count). The van der Waals surface area contributed by atoms with Gasteiger partial charge < -0.3 is 15.0 Å². The lowest BCUT2D eigenvalue weighted by Crippen LogP contribution is -2.24. The molecule has 0 fully saturated rings. The van der Waals surface area contributed by atoms with Gasteiger partial charge in [-0.2, -0.15) is 0 Å². The zero-order valence-corrected chi connectivity index (χ0v) is 19.0. The summed E-state index contributed by atoms with van der Waals surface area (Å²) in [6, 6.07) is 10.1. The van der Waals surface area contributed by atoms with Crippen molar-refractivity contribution in [3.05, 3.63) is 88.9 Å². The van der Waals surface area contributed by atoms with Crippen LogP contribution in [-0.4, -0.2) is 34.9 Å². The number of amides is 1. The molecule has 0 aliphatic rings. The van der Waals surface area contributed by atoms with Gasteiger partial charge in [0.15, 0.2) is 0 Å². The van der Waals surface area contributed by atoms with Crippen molar-refractivity contribution in [3.63, 3.8) is 0 Å². The Kier molecular flexibility index (Phi) is 7.42. The number of nitrogens with zero attached hydrogens (tertiary/aromatic N) is 3. The molecule has 1 aromatic carbocycles. The molecular formula is C26H25FN4O2. The summed E-state index contributed by atoms with van der Waals surface area (Å²) in [5.41, 5.74) is 3.64. The number of carbonyl (C=O) groups is 1. The third kappa shape index (κ3) is 5.95. The van der Waals surface area contributed by atoms with E-state index in [9.17, 15) is 9.18 Å². The number of aromatic nitrogens is 2. The standard InChI is InChI=1S/C26H25FN4O2/c1-6-19(16-31(4)5)24-13-22(10-11-28-24)33-25-9-7-8-23(17(25)2)26(32)30-14-20-12-21(27)15-29-18(20)3/h1,7-13,15-16H,14H2,2-5H3,(H,30,32)/b19-16+. The van der Waals surface area contributed by atoms with Crippen LogP contribution >= 0.6 is 0 Å². The monoisotopic (exact) mass is 444 g/mol. The number of terminal acetylenes is 1. The molecular weight excluding hydrogens is 419 g/mol. The van der Waals surface area contributed by atoms with Crippen molar-refractivity contribution in [1.29, 1.82) is 0 Å². The Morgan fingerprint density at radius 2 is 2.03 bits per heavy atom. The molecule has 2 heterocycles. The molecule has 1 N–H and O–H groups in total. The largest absolute Gasteiger partial charge is 0.457 e. The van der Waals surface area contributed by atoms with Gasteiger partial charge in [-0.15, -0.1) is 6.42 Å². The van der Waals surface area contributed by atoms with E-state index >= 15 is 0 Å². The number of allylic oxidation sites excluding steroid dienone is 1. The van der Waals surface area contributed by atoms with Crippen LogP contribution in [0.15, 0.2) is 55.0 Å². The van der Waals surface area contributed by atoms with E-state index < -0.39 is 5.82 Å². The molecule has 168 valence electrons. The highest BCUT2D eigenvalue weighted by Crippen LogP contribution is 2.28. The van der Waals surface area contributed by atoms with Crippen LogP contribution in [0.2, 0.25) is 0 Å². The summed E-state index contributed by atoms with van der Waals surface area (Å²) in [7, 11) is 3.76. The molecule has 0 saturated heterocycles. The lowest BCUT2D eigenvalue weighted by Gasteiger charge is -2.14. The van der Waals surface area contributed by atoms with Crippen molar-refractivity contribution in [2.24, 2.45) is 0 Å². The lowest BCUT2D eigenvalue weighted by atomic mass is 10.1. The van der Waals surface area contributed by atoms with E-state index in [2.05, 4.69) is 21.2 Å². The lowest BCUT2D eigenvalue weighted by molar-refractivity contribution is 0.0950. The number of benzene rings is 1. The second-order valence-corrected chi connectivity index (χ2v) is 7.64. The zero-order valence-electron chi connectivity index (χ0n) is 19.0. The van der Waals surface area contributed by atoms with Crippen molar-refractivity contribution in [3.8, 4) is 23.8 Å². The fourth-order valence-electron chi connectivity index (χ4n) is 3.15. The molecule has 3 aromatic rings. The third-order valence-electron chi connectivity index (χ3n) is 4.90. The smallest absolute Gasteiger partial charge is 0.251 e. The summed E-state index contributed by atoms with van der Waals surface area (Å²) in [5.74, 6) is 2.97. The number of aryl methyl sites for hydroxylation is 1. The topological polar surface area (TPSA) is 67.3 Å². The molecule has 0 spiro atoms. The average molecular weight is 445 g/mol. The van der Waals surface area contributed by atoms with Crippen molar-refractivity contribution >= 4 is 11.5 Å². The molecule has 6 nitrogen and oxygen atoms in total. The second kappa shape index (κ2) is 10.4. The van der Waals surface area contributed by atoms with Crippen LogP contribution in [0, 0.1) is 32.0 Å². The number of pyridine rings is 2. The van der Waals surface area contributed by atoms with Gasteiger partial charge in [0.25, 0.3) is 5.91 Å². The fourth-order valence-corrected chi connectivity index (χ4v) is 3.15. The predicted octanol–water partition coefficient (Wildman–Crippen LogP) is 4.49. The first-order valence-corrected chi connectivity index (χ1v) is 10.3. The molecule has 0 aliphatic heterocycles. The molecule has 0 bridgehead atoms. The third-order valence-corrected chi connectivity index (χ3v) is 4.90. The van der Waals surface area contributed by atoms with Gasteiger partial charge in [0.1, 0.15) is 17.3 Å². The Bertz CT molecular complexity index is 1250. The molecule has 0 unspecified atom stereocenters. The van der Waals surface area contributed by atoms with Gasteiger partial charge in [-0.1, -0.05) is 12.0 Å². The maximum atomic E-state index is 13.5. The van der Waals surface area contributed by atoms with Crippen LogP contribution in [0.4, 0.5) is 4.39 Å². The molecule has 0 aliphatic carbocycles. The van der Waals surface area contributed by atoms with E-state index in [4.69, 9.17) is 11.2 Å². The molecule has 33 heavy (non-hydrogen) atoms. The SMILES string of the molecule is C#C/C(=C\N(C)C)c1cc(Oc2cccc(C(=O)NCc3cc(F)cnc3C)c2C)ccn1. The Balaban J connectivity index is 1.79. The predicted molar refractivity (Wildman–Crippen MR) is 126 cm³/mol. The van der Waals surface area contributed by atoms with E-state index in [1.54, 1.807) is 56.6 Å². The van der Waals surface area contributed by atoms with Crippen LogP contribution < -0.4 is 10.1 Å². The molecule has 0 saturated carbocycles. The minimum Gasteiger partial charge on any atom is -0.457 e. The highest BCUT2D eigenvalue weighted by molar-refractivity contribution is 5.96. The molecule has 7 heteroatoms. The van der Waals surface area contributed by atoms with Crippen molar-refractivity contribution in [1.82, 2.24) is 20.2 Å². The minimum absolute atomic E-state index is 0.167. The number of hydrogen-bond donors (Lipinski definition) is 1. The van der Waals surface area contributed by atoms with Crippen LogP contribution in [0.25, 0.3) is 5.57 Å². The number of halogens is 1. The van der Waals surface area contributed by atoms with Gasteiger partial charge >= 0.3 is 0 Å². The van der Waals surface area contributed by atoms with Crippen molar-refractivity contribution in [2.75, 3.05) is 14.1 Å². The van der Waals surface area contributed by atoms with Crippen LogP contribution in [0.5, 0.6) is 11.5 Å². The number of ether oxygens (including phenoxy) is 1. The van der Waals surface area contributed by atoms with E-state index in [0.29, 0.717) is 45.2 Å². The summed E-state index contributed by atoms with van der Waals surface area (Å²) in [5, 5.41) is 2.82. The van der Waals surface area contributed by atoms with Gasteiger partial charge in [-0.3, -0.25) is 14.8 Å². The Morgan fingerprint density at radius 1 is 1.24 bits per heavy atom. The molecule has 0 radical (unpaired) electrons. The maximum absolute atomic E-state index is 13.5. The van der Waals surface area contributed by atoms with Crippen molar-refractivity contribution in [2.45, 2.75) is 20.4 Å². The maximum Gasteiger partial charge on any atom is 0.251 e.